The van der Waals surface area contributed by atoms with Crippen LogP contribution in [-0.4, -0.2) is 21.7 Å². The third-order valence-electron chi connectivity index (χ3n) is 3.21. The van der Waals surface area contributed by atoms with Crippen molar-refractivity contribution in [3.05, 3.63) is 34.1 Å². The molecular formula is C15H21N3O4. The van der Waals surface area contributed by atoms with Crippen LogP contribution in [0.15, 0.2) is 18.5 Å². The van der Waals surface area contributed by atoms with Gasteiger partial charge in [0, 0.05) is 18.7 Å². The minimum Gasteiger partial charge on any atom is -0.292 e. The molecule has 0 radical (unpaired) electrons. The summed E-state index contributed by atoms with van der Waals surface area (Å²) >= 11 is 0. The van der Waals surface area contributed by atoms with E-state index in [4.69, 9.17) is 0 Å². The zero-order chi connectivity index (χ0) is 16.4. The highest BCUT2D eigenvalue weighted by Gasteiger charge is 2.14. The highest BCUT2D eigenvalue weighted by Crippen LogP contribution is 2.11. The fraction of sp³-hybridized carbons (Fsp3) is 0.533. The number of nitrogens with one attached hydrogen (secondary N) is 1. The van der Waals surface area contributed by atoms with Gasteiger partial charge >= 0.3 is 0 Å². The number of imide groups is 1. The monoisotopic (exact) mass is 307 g/mol. The smallest absolute Gasteiger partial charge is 0.288 e. The zero-order valence-corrected chi connectivity index (χ0v) is 12.7. The number of rotatable bonds is 9. The highest BCUT2D eigenvalue weighted by atomic mass is 16.6. The van der Waals surface area contributed by atoms with Crippen molar-refractivity contribution in [3.8, 4) is 0 Å². The average Bonchev–Trinajstić information content (AvgIpc) is 2.50. The van der Waals surface area contributed by atoms with Gasteiger partial charge in [-0.15, -0.1) is 0 Å². The van der Waals surface area contributed by atoms with Crippen LogP contribution in [0.2, 0.25) is 0 Å². The number of unbranched alkanes of at least 4 members (excludes halogenated alkanes) is 5. The number of hydrogen-bond donors (Lipinski definition) is 1. The summed E-state index contributed by atoms with van der Waals surface area (Å²) in [5.74, 6) is -1.03. The number of amides is 2. The number of nitro groups is 1. The first-order valence-electron chi connectivity index (χ1n) is 7.48. The Balaban J connectivity index is 2.36. The van der Waals surface area contributed by atoms with Crippen molar-refractivity contribution < 1.29 is 14.5 Å². The van der Waals surface area contributed by atoms with Gasteiger partial charge in [0.1, 0.15) is 6.20 Å². The molecule has 0 aliphatic rings. The molecule has 0 unspecified atom stereocenters. The van der Waals surface area contributed by atoms with E-state index in [-0.39, 0.29) is 23.6 Å². The second-order valence-electron chi connectivity index (χ2n) is 5.08. The first-order chi connectivity index (χ1) is 10.5. The van der Waals surface area contributed by atoms with Gasteiger partial charge in [0.15, 0.2) is 0 Å². The van der Waals surface area contributed by atoms with Crippen LogP contribution in [0.4, 0.5) is 5.69 Å². The normalized spacial score (nSPS) is 10.2. The molecule has 0 aromatic carbocycles. The van der Waals surface area contributed by atoms with Crippen molar-refractivity contribution in [2.45, 2.75) is 51.9 Å². The first-order valence-corrected chi connectivity index (χ1v) is 7.48. The largest absolute Gasteiger partial charge is 0.292 e. The van der Waals surface area contributed by atoms with Gasteiger partial charge in [-0.05, 0) is 6.42 Å². The molecule has 0 bridgehead atoms. The molecule has 1 aromatic heterocycles. The van der Waals surface area contributed by atoms with E-state index in [2.05, 4.69) is 17.2 Å². The van der Waals surface area contributed by atoms with E-state index in [1.165, 1.54) is 19.0 Å². The summed E-state index contributed by atoms with van der Waals surface area (Å²) in [5.41, 5.74) is -0.276. The number of carbonyl (C=O) groups is 2. The molecule has 22 heavy (non-hydrogen) atoms. The van der Waals surface area contributed by atoms with E-state index in [1.54, 1.807) is 0 Å². The Labute approximate surface area is 129 Å². The van der Waals surface area contributed by atoms with Gasteiger partial charge in [-0.1, -0.05) is 39.0 Å². The summed E-state index contributed by atoms with van der Waals surface area (Å²) in [4.78, 5) is 37.1. The Bertz CT molecular complexity index is 531. The Morgan fingerprint density at radius 3 is 2.55 bits per heavy atom. The van der Waals surface area contributed by atoms with Crippen LogP contribution < -0.4 is 5.32 Å². The molecule has 1 heterocycles. The standard InChI is InChI=1S/C15H21N3O4/c1-2-3-4-5-6-7-8-14(19)17-15(20)12-9-13(18(21)22)11-16-10-12/h9-11H,2-8H2,1H3,(H,17,19,20). The molecule has 7 heteroatoms. The molecule has 0 spiro atoms. The van der Waals surface area contributed by atoms with Crippen LogP contribution in [0.1, 0.15) is 62.2 Å². The third-order valence-corrected chi connectivity index (χ3v) is 3.21. The number of pyridine rings is 1. The summed E-state index contributed by atoms with van der Waals surface area (Å²) < 4.78 is 0. The Morgan fingerprint density at radius 2 is 1.86 bits per heavy atom. The Kier molecular flexibility index (Phi) is 7.74. The second kappa shape index (κ2) is 9.59. The summed E-state index contributed by atoms with van der Waals surface area (Å²) in [7, 11) is 0. The van der Waals surface area contributed by atoms with E-state index < -0.39 is 10.8 Å². The van der Waals surface area contributed by atoms with Crippen LogP contribution in [0.3, 0.4) is 0 Å². The van der Waals surface area contributed by atoms with Gasteiger partial charge in [-0.25, -0.2) is 0 Å². The SMILES string of the molecule is CCCCCCCCC(=O)NC(=O)c1cncc([N+](=O)[O-])c1. The van der Waals surface area contributed by atoms with Crippen LogP contribution in [0.5, 0.6) is 0 Å². The van der Waals surface area contributed by atoms with Gasteiger partial charge in [0.2, 0.25) is 5.91 Å². The summed E-state index contributed by atoms with van der Waals surface area (Å²) in [6.45, 7) is 2.14. The summed E-state index contributed by atoms with van der Waals surface area (Å²) in [5, 5.41) is 12.8. The third kappa shape index (κ3) is 6.43. The molecule has 0 aliphatic heterocycles. The van der Waals surface area contributed by atoms with Gasteiger partial charge < -0.3 is 0 Å². The maximum Gasteiger partial charge on any atom is 0.288 e. The molecule has 0 atom stereocenters. The number of hydrogen-bond acceptors (Lipinski definition) is 5. The summed E-state index contributed by atoms with van der Waals surface area (Å²) in [6.07, 6.45) is 8.84. The van der Waals surface area contributed by atoms with E-state index >= 15 is 0 Å². The lowest BCUT2D eigenvalue weighted by molar-refractivity contribution is -0.385. The van der Waals surface area contributed by atoms with Crippen molar-refractivity contribution >= 4 is 17.5 Å². The van der Waals surface area contributed by atoms with Crippen LogP contribution in [0.25, 0.3) is 0 Å². The maximum absolute atomic E-state index is 11.8. The molecule has 7 nitrogen and oxygen atoms in total. The van der Waals surface area contributed by atoms with Gasteiger partial charge in [0.25, 0.3) is 11.6 Å². The van der Waals surface area contributed by atoms with Crippen molar-refractivity contribution in [2.24, 2.45) is 0 Å². The topological polar surface area (TPSA) is 102 Å². The van der Waals surface area contributed by atoms with Gasteiger partial charge in [-0.2, -0.15) is 0 Å². The lowest BCUT2D eigenvalue weighted by Gasteiger charge is -2.04. The molecule has 0 fully saturated rings. The fourth-order valence-corrected chi connectivity index (χ4v) is 1.98. The Morgan fingerprint density at radius 1 is 1.18 bits per heavy atom. The van der Waals surface area contributed by atoms with Crippen molar-refractivity contribution in [1.29, 1.82) is 0 Å². The quantitative estimate of drug-likeness (QED) is 0.429. The minimum atomic E-state index is -0.660. The molecule has 0 saturated heterocycles. The number of aromatic nitrogens is 1. The second-order valence-corrected chi connectivity index (χ2v) is 5.08. The van der Waals surface area contributed by atoms with Crippen LogP contribution >= 0.6 is 0 Å². The Hall–Kier alpha value is -2.31. The molecular weight excluding hydrogens is 286 g/mol. The predicted octanol–water partition coefficient (Wildman–Crippen LogP) is 3.00. The van der Waals surface area contributed by atoms with Crippen molar-refractivity contribution in [2.75, 3.05) is 0 Å². The molecule has 0 aliphatic carbocycles. The van der Waals surface area contributed by atoms with E-state index in [1.807, 2.05) is 0 Å². The van der Waals surface area contributed by atoms with E-state index in [0.717, 1.165) is 37.9 Å². The first kappa shape index (κ1) is 17.7. The average molecular weight is 307 g/mol. The molecule has 0 saturated carbocycles. The molecule has 1 aromatic rings. The minimum absolute atomic E-state index is 0.00509. The number of carbonyl (C=O) groups excluding carboxylic acids is 2. The van der Waals surface area contributed by atoms with E-state index in [9.17, 15) is 19.7 Å². The number of nitrogens with zero attached hydrogens (tertiary/aromatic N) is 2. The molecule has 120 valence electrons. The maximum atomic E-state index is 11.8. The van der Waals surface area contributed by atoms with Crippen LogP contribution in [0, 0.1) is 10.1 Å². The summed E-state index contributed by atoms with van der Waals surface area (Å²) in [6, 6.07) is 1.10. The van der Waals surface area contributed by atoms with E-state index in [0.29, 0.717) is 0 Å². The van der Waals surface area contributed by atoms with Gasteiger partial charge in [0.05, 0.1) is 10.5 Å². The lowest BCUT2D eigenvalue weighted by atomic mass is 10.1. The van der Waals surface area contributed by atoms with Crippen LogP contribution in [-0.2, 0) is 4.79 Å². The molecule has 2 amide bonds. The van der Waals surface area contributed by atoms with Gasteiger partial charge in [-0.3, -0.25) is 30.0 Å². The molecule has 1 rings (SSSR count). The zero-order valence-electron chi connectivity index (χ0n) is 12.7. The van der Waals surface area contributed by atoms with Crippen molar-refractivity contribution in [3.63, 3.8) is 0 Å². The molecule has 1 N–H and O–H groups in total. The lowest BCUT2D eigenvalue weighted by Crippen LogP contribution is -2.30. The predicted molar refractivity (Wildman–Crippen MR) is 81.4 cm³/mol. The highest BCUT2D eigenvalue weighted by molar-refractivity contribution is 6.04. The fourth-order valence-electron chi connectivity index (χ4n) is 1.98. The van der Waals surface area contributed by atoms with Crippen molar-refractivity contribution in [1.82, 2.24) is 10.3 Å².